The zero-order valence-corrected chi connectivity index (χ0v) is 13.4. The van der Waals surface area contributed by atoms with Gasteiger partial charge in [0.2, 0.25) is 0 Å². The smallest absolute Gasteiger partial charge is 0.266 e. The molecule has 2 fully saturated rings. The molecule has 1 aromatic rings. The Morgan fingerprint density at radius 2 is 2.05 bits per heavy atom. The molecular weight excluding hydrogens is 342 g/mol. The predicted molar refractivity (Wildman–Crippen MR) is 86.7 cm³/mol. The number of thiocarbonyl (C=S) groups is 1. The maximum Gasteiger partial charge on any atom is 0.266 e. The van der Waals surface area contributed by atoms with Crippen molar-refractivity contribution in [3.8, 4) is 0 Å². The standard InChI is InChI=1S/C14H12BrNOS2/c15-11-5-3-9(4-6-11)7-12-13(17)16(14(18)19-12)8-10-1-2-10/h3-7,10H,1-2,8H2/b12-7-. The second-order valence-electron chi connectivity index (χ2n) is 4.79. The first-order chi connectivity index (χ1) is 9.13. The molecule has 0 unspecified atom stereocenters. The van der Waals surface area contributed by atoms with E-state index < -0.39 is 0 Å². The number of rotatable bonds is 3. The Morgan fingerprint density at radius 1 is 1.37 bits per heavy atom. The molecule has 0 aromatic heterocycles. The van der Waals surface area contributed by atoms with Crippen molar-refractivity contribution in [2.75, 3.05) is 6.54 Å². The normalized spacial score (nSPS) is 21.5. The maximum absolute atomic E-state index is 12.3. The monoisotopic (exact) mass is 353 g/mol. The second kappa shape index (κ2) is 5.38. The minimum Gasteiger partial charge on any atom is -0.293 e. The lowest BCUT2D eigenvalue weighted by molar-refractivity contribution is -0.122. The van der Waals surface area contributed by atoms with E-state index in [1.807, 2.05) is 30.3 Å². The Morgan fingerprint density at radius 3 is 2.68 bits per heavy atom. The maximum atomic E-state index is 12.3. The van der Waals surface area contributed by atoms with Gasteiger partial charge in [-0.1, -0.05) is 52.0 Å². The van der Waals surface area contributed by atoms with Crippen molar-refractivity contribution >= 4 is 56.2 Å². The Balaban J connectivity index is 1.79. The fraction of sp³-hybridized carbons (Fsp3) is 0.286. The predicted octanol–water partition coefficient (Wildman–Crippen LogP) is 4.06. The number of benzene rings is 1. The summed E-state index contributed by atoms with van der Waals surface area (Å²) in [5.41, 5.74) is 1.02. The van der Waals surface area contributed by atoms with E-state index in [1.165, 1.54) is 24.6 Å². The summed E-state index contributed by atoms with van der Waals surface area (Å²) in [6.07, 6.45) is 4.37. The van der Waals surface area contributed by atoms with Gasteiger partial charge in [0.15, 0.2) is 0 Å². The SMILES string of the molecule is O=C1/C(=C/c2ccc(Br)cc2)SC(=S)N1CC1CC1. The van der Waals surface area contributed by atoms with Crippen molar-refractivity contribution in [1.82, 2.24) is 4.90 Å². The molecule has 1 saturated heterocycles. The molecule has 19 heavy (non-hydrogen) atoms. The molecule has 0 radical (unpaired) electrons. The van der Waals surface area contributed by atoms with Crippen LogP contribution in [0.4, 0.5) is 0 Å². The third-order valence-corrected chi connectivity index (χ3v) is 5.09. The molecule has 0 atom stereocenters. The molecular formula is C14H12BrNOS2. The summed E-state index contributed by atoms with van der Waals surface area (Å²) in [6, 6.07) is 7.91. The van der Waals surface area contributed by atoms with Crippen LogP contribution in [0.5, 0.6) is 0 Å². The van der Waals surface area contributed by atoms with E-state index >= 15 is 0 Å². The number of nitrogens with zero attached hydrogens (tertiary/aromatic N) is 1. The highest BCUT2D eigenvalue weighted by Gasteiger charge is 2.36. The molecule has 0 spiro atoms. The van der Waals surface area contributed by atoms with Crippen LogP contribution in [0.1, 0.15) is 18.4 Å². The summed E-state index contributed by atoms with van der Waals surface area (Å²) in [4.78, 5) is 14.8. The highest BCUT2D eigenvalue weighted by molar-refractivity contribution is 9.10. The lowest BCUT2D eigenvalue weighted by atomic mass is 10.2. The van der Waals surface area contributed by atoms with Gasteiger partial charge in [-0.3, -0.25) is 9.69 Å². The third kappa shape index (κ3) is 3.09. The quantitative estimate of drug-likeness (QED) is 0.603. The van der Waals surface area contributed by atoms with E-state index in [-0.39, 0.29) is 5.91 Å². The number of hydrogen-bond donors (Lipinski definition) is 0. The first-order valence-electron chi connectivity index (χ1n) is 6.14. The number of carbonyl (C=O) groups excluding carboxylic acids is 1. The highest BCUT2D eigenvalue weighted by atomic mass is 79.9. The van der Waals surface area contributed by atoms with Gasteiger partial charge in [-0.05, 0) is 42.5 Å². The van der Waals surface area contributed by atoms with Gasteiger partial charge in [0, 0.05) is 11.0 Å². The van der Waals surface area contributed by atoms with Crippen molar-refractivity contribution in [2.45, 2.75) is 12.8 Å². The Bertz CT molecular complexity index is 563. The van der Waals surface area contributed by atoms with Gasteiger partial charge in [0.05, 0.1) is 4.91 Å². The molecule has 98 valence electrons. The average molecular weight is 354 g/mol. The topological polar surface area (TPSA) is 20.3 Å². The molecule has 5 heteroatoms. The summed E-state index contributed by atoms with van der Waals surface area (Å²) < 4.78 is 1.73. The van der Waals surface area contributed by atoms with Crippen molar-refractivity contribution in [1.29, 1.82) is 0 Å². The lowest BCUT2D eigenvalue weighted by Crippen LogP contribution is -2.30. The largest absolute Gasteiger partial charge is 0.293 e. The van der Waals surface area contributed by atoms with E-state index in [2.05, 4.69) is 15.9 Å². The minimum atomic E-state index is 0.0600. The molecule has 1 saturated carbocycles. The molecule has 1 amide bonds. The van der Waals surface area contributed by atoms with Crippen molar-refractivity contribution in [3.63, 3.8) is 0 Å². The molecule has 2 aliphatic rings. The molecule has 1 heterocycles. The molecule has 0 bridgehead atoms. The fourth-order valence-electron chi connectivity index (χ4n) is 1.93. The molecule has 1 aliphatic carbocycles. The van der Waals surface area contributed by atoms with E-state index in [0.717, 1.165) is 21.5 Å². The zero-order valence-electron chi connectivity index (χ0n) is 10.1. The Kier molecular flexibility index (Phi) is 3.78. The van der Waals surface area contributed by atoms with Gasteiger partial charge in [-0.2, -0.15) is 0 Å². The molecule has 1 aliphatic heterocycles. The van der Waals surface area contributed by atoms with Crippen LogP contribution >= 0.6 is 39.9 Å². The van der Waals surface area contributed by atoms with E-state index in [4.69, 9.17) is 12.2 Å². The van der Waals surface area contributed by atoms with Gasteiger partial charge in [-0.15, -0.1) is 0 Å². The van der Waals surface area contributed by atoms with Crippen LogP contribution in [-0.4, -0.2) is 21.7 Å². The molecule has 3 rings (SSSR count). The van der Waals surface area contributed by atoms with Gasteiger partial charge in [0.25, 0.3) is 5.91 Å². The van der Waals surface area contributed by atoms with Gasteiger partial charge in [-0.25, -0.2) is 0 Å². The van der Waals surface area contributed by atoms with Crippen LogP contribution in [-0.2, 0) is 4.79 Å². The average Bonchev–Trinajstić information content (AvgIpc) is 3.16. The minimum absolute atomic E-state index is 0.0600. The van der Waals surface area contributed by atoms with Crippen LogP contribution in [0.3, 0.4) is 0 Å². The first kappa shape index (κ1) is 13.3. The highest BCUT2D eigenvalue weighted by Crippen LogP contribution is 2.37. The third-order valence-electron chi connectivity index (χ3n) is 3.18. The summed E-state index contributed by atoms with van der Waals surface area (Å²) in [7, 11) is 0. The van der Waals surface area contributed by atoms with Gasteiger partial charge < -0.3 is 0 Å². The summed E-state index contributed by atoms with van der Waals surface area (Å²) >= 11 is 10.1. The van der Waals surface area contributed by atoms with Gasteiger partial charge in [0.1, 0.15) is 4.32 Å². The number of thioether (sulfide) groups is 1. The summed E-state index contributed by atoms with van der Waals surface area (Å²) in [5, 5.41) is 0. The van der Waals surface area contributed by atoms with Crippen LogP contribution in [0.15, 0.2) is 33.6 Å². The van der Waals surface area contributed by atoms with Crippen molar-refractivity contribution < 1.29 is 4.79 Å². The summed E-state index contributed by atoms with van der Waals surface area (Å²) in [6.45, 7) is 0.794. The van der Waals surface area contributed by atoms with Crippen LogP contribution in [0.25, 0.3) is 6.08 Å². The number of carbonyl (C=O) groups is 1. The zero-order chi connectivity index (χ0) is 13.4. The molecule has 1 aromatic carbocycles. The number of halogens is 1. The number of hydrogen-bond acceptors (Lipinski definition) is 3. The molecule has 0 N–H and O–H groups in total. The van der Waals surface area contributed by atoms with E-state index in [1.54, 1.807) is 4.90 Å². The van der Waals surface area contributed by atoms with Gasteiger partial charge >= 0.3 is 0 Å². The van der Waals surface area contributed by atoms with Crippen molar-refractivity contribution in [2.24, 2.45) is 5.92 Å². The van der Waals surface area contributed by atoms with Crippen molar-refractivity contribution in [3.05, 3.63) is 39.2 Å². The lowest BCUT2D eigenvalue weighted by Gasteiger charge is -2.12. The second-order valence-corrected chi connectivity index (χ2v) is 7.38. The summed E-state index contributed by atoms with van der Waals surface area (Å²) in [5.74, 6) is 0.722. The Hall–Kier alpha value is -0.650. The van der Waals surface area contributed by atoms with E-state index in [0.29, 0.717) is 10.2 Å². The fourth-order valence-corrected chi connectivity index (χ4v) is 3.47. The van der Waals surface area contributed by atoms with Crippen LogP contribution in [0.2, 0.25) is 0 Å². The number of amides is 1. The van der Waals surface area contributed by atoms with E-state index in [9.17, 15) is 4.79 Å². The van der Waals surface area contributed by atoms with Crippen LogP contribution in [0, 0.1) is 5.92 Å². The Labute approximate surface area is 130 Å². The van der Waals surface area contributed by atoms with Crippen LogP contribution < -0.4 is 0 Å². The molecule has 2 nitrogen and oxygen atoms in total. The first-order valence-corrected chi connectivity index (χ1v) is 8.16.